The van der Waals surface area contributed by atoms with Crippen LogP contribution in [-0.2, 0) is 11.8 Å². The molecule has 2 aliphatic rings. The van der Waals surface area contributed by atoms with Gasteiger partial charge in [0.25, 0.3) is 5.91 Å². The van der Waals surface area contributed by atoms with E-state index in [9.17, 15) is 9.59 Å². The Morgan fingerprint density at radius 2 is 1.96 bits per heavy atom. The molecular formula is C17H20N4O2S. The molecule has 6 nitrogen and oxygen atoms in total. The highest BCUT2D eigenvalue weighted by atomic mass is 32.1. The van der Waals surface area contributed by atoms with Crippen LogP contribution in [-0.4, -0.2) is 46.1 Å². The second-order valence-corrected chi connectivity index (χ2v) is 7.52. The minimum Gasteiger partial charge on any atom is -0.338 e. The van der Waals surface area contributed by atoms with Gasteiger partial charge in [0.05, 0.1) is 16.5 Å². The van der Waals surface area contributed by atoms with Crippen molar-refractivity contribution < 1.29 is 9.59 Å². The van der Waals surface area contributed by atoms with Crippen LogP contribution in [0.2, 0.25) is 0 Å². The van der Waals surface area contributed by atoms with E-state index in [1.54, 1.807) is 10.9 Å². The van der Waals surface area contributed by atoms with E-state index in [-0.39, 0.29) is 17.2 Å². The van der Waals surface area contributed by atoms with E-state index in [4.69, 9.17) is 0 Å². The van der Waals surface area contributed by atoms with Crippen molar-refractivity contribution >= 4 is 29.0 Å². The fraction of sp³-hybridized carbons (Fsp3) is 0.471. The zero-order valence-electron chi connectivity index (χ0n) is 13.6. The topological polar surface area (TPSA) is 58.4 Å². The molecule has 4 rings (SSSR count). The van der Waals surface area contributed by atoms with E-state index in [2.05, 4.69) is 5.10 Å². The van der Waals surface area contributed by atoms with Gasteiger partial charge in [-0.05, 0) is 30.7 Å². The first-order chi connectivity index (χ1) is 11.6. The Bertz CT molecular complexity index is 759. The van der Waals surface area contributed by atoms with Gasteiger partial charge in [-0.2, -0.15) is 5.10 Å². The van der Waals surface area contributed by atoms with E-state index >= 15 is 0 Å². The van der Waals surface area contributed by atoms with Crippen molar-refractivity contribution in [2.75, 3.05) is 24.5 Å². The standard InChI is InChI=1S/C17H20N4O2S/c1-19-14(4-8-18-19)21-11-7-17(16(21)23)5-9-20(10-6-17)15(22)13-3-2-12-24-13/h2-4,8,12H,5-7,9-11H2,1H3. The van der Waals surface area contributed by atoms with Gasteiger partial charge in [0.1, 0.15) is 5.82 Å². The van der Waals surface area contributed by atoms with Gasteiger partial charge in [-0.3, -0.25) is 19.2 Å². The van der Waals surface area contributed by atoms with Crippen molar-refractivity contribution in [2.45, 2.75) is 19.3 Å². The summed E-state index contributed by atoms with van der Waals surface area (Å²) in [6.07, 6.45) is 4.07. The molecular weight excluding hydrogens is 324 g/mol. The van der Waals surface area contributed by atoms with E-state index in [0.29, 0.717) is 13.1 Å². The van der Waals surface area contributed by atoms with E-state index in [0.717, 1.165) is 36.5 Å². The normalized spacial score (nSPS) is 20.1. The minimum atomic E-state index is -0.309. The van der Waals surface area contributed by atoms with Crippen molar-refractivity contribution in [3.05, 3.63) is 34.7 Å². The molecule has 7 heteroatoms. The SMILES string of the molecule is Cn1nccc1N1CCC2(CCN(C(=O)c3cccs3)CC2)C1=O. The largest absolute Gasteiger partial charge is 0.338 e. The van der Waals surface area contributed by atoms with Crippen LogP contribution in [0.5, 0.6) is 0 Å². The van der Waals surface area contributed by atoms with Crippen LogP contribution in [0.3, 0.4) is 0 Å². The van der Waals surface area contributed by atoms with Crippen molar-refractivity contribution in [1.82, 2.24) is 14.7 Å². The maximum Gasteiger partial charge on any atom is 0.263 e. The predicted octanol–water partition coefficient (Wildman–Crippen LogP) is 2.14. The molecule has 24 heavy (non-hydrogen) atoms. The Morgan fingerprint density at radius 3 is 2.58 bits per heavy atom. The highest BCUT2D eigenvalue weighted by Crippen LogP contribution is 2.43. The molecule has 2 fully saturated rings. The van der Waals surface area contributed by atoms with Gasteiger partial charge >= 0.3 is 0 Å². The molecule has 4 heterocycles. The van der Waals surface area contributed by atoms with Gasteiger partial charge in [0.2, 0.25) is 5.91 Å². The second-order valence-electron chi connectivity index (χ2n) is 6.57. The summed E-state index contributed by atoms with van der Waals surface area (Å²) >= 11 is 1.47. The lowest BCUT2D eigenvalue weighted by atomic mass is 9.77. The third-order valence-electron chi connectivity index (χ3n) is 5.32. The number of anilines is 1. The predicted molar refractivity (Wildman–Crippen MR) is 92.1 cm³/mol. The number of amides is 2. The molecule has 0 bridgehead atoms. The zero-order valence-corrected chi connectivity index (χ0v) is 14.5. The maximum atomic E-state index is 13.0. The molecule has 2 saturated heterocycles. The number of nitrogens with zero attached hydrogens (tertiary/aromatic N) is 4. The first kappa shape index (κ1) is 15.4. The van der Waals surface area contributed by atoms with E-state index < -0.39 is 0 Å². The first-order valence-electron chi connectivity index (χ1n) is 8.23. The molecule has 0 unspecified atom stereocenters. The van der Waals surface area contributed by atoms with Gasteiger partial charge in [-0.1, -0.05) is 6.07 Å². The second kappa shape index (κ2) is 5.73. The molecule has 2 aromatic heterocycles. The molecule has 1 spiro atoms. The van der Waals surface area contributed by atoms with E-state index in [1.165, 1.54) is 11.3 Å². The Labute approximate surface area is 144 Å². The molecule has 0 aliphatic carbocycles. The average molecular weight is 344 g/mol. The zero-order chi connectivity index (χ0) is 16.7. The molecule has 0 saturated carbocycles. The molecule has 0 aromatic carbocycles. The van der Waals surface area contributed by atoms with Crippen LogP contribution < -0.4 is 4.90 Å². The molecule has 0 atom stereocenters. The first-order valence-corrected chi connectivity index (χ1v) is 9.11. The van der Waals surface area contributed by atoms with Gasteiger partial charge in [0.15, 0.2) is 0 Å². The molecule has 2 amide bonds. The van der Waals surface area contributed by atoms with E-state index in [1.807, 2.05) is 40.4 Å². The number of rotatable bonds is 2. The highest BCUT2D eigenvalue weighted by molar-refractivity contribution is 7.12. The fourth-order valence-corrected chi connectivity index (χ4v) is 4.52. The van der Waals surface area contributed by atoms with Gasteiger partial charge in [-0.15, -0.1) is 11.3 Å². The fourth-order valence-electron chi connectivity index (χ4n) is 3.83. The Kier molecular flexibility index (Phi) is 3.68. The summed E-state index contributed by atoms with van der Waals surface area (Å²) in [5.74, 6) is 1.14. The lowest BCUT2D eigenvalue weighted by Gasteiger charge is -2.37. The number of aryl methyl sites for hydroxylation is 1. The van der Waals surface area contributed by atoms with Crippen LogP contribution in [0.15, 0.2) is 29.8 Å². The molecule has 0 radical (unpaired) electrons. The van der Waals surface area contributed by atoms with Crippen molar-refractivity contribution in [3.63, 3.8) is 0 Å². The van der Waals surface area contributed by atoms with Crippen LogP contribution >= 0.6 is 11.3 Å². The Balaban J connectivity index is 1.46. The molecule has 2 aromatic rings. The van der Waals surface area contributed by atoms with Crippen molar-refractivity contribution in [1.29, 1.82) is 0 Å². The average Bonchev–Trinajstić information content (AvgIpc) is 3.32. The number of carbonyl (C=O) groups excluding carboxylic acids is 2. The van der Waals surface area contributed by atoms with Crippen LogP contribution in [0, 0.1) is 5.41 Å². The summed E-state index contributed by atoms with van der Waals surface area (Å²) in [6.45, 7) is 2.04. The molecule has 0 N–H and O–H groups in total. The molecule has 2 aliphatic heterocycles. The summed E-state index contributed by atoms with van der Waals surface area (Å²) in [5, 5.41) is 6.09. The smallest absolute Gasteiger partial charge is 0.263 e. The number of aromatic nitrogens is 2. The van der Waals surface area contributed by atoms with Gasteiger partial charge in [0, 0.05) is 32.7 Å². The third kappa shape index (κ3) is 2.34. The number of piperidine rings is 1. The van der Waals surface area contributed by atoms with Crippen LogP contribution in [0.25, 0.3) is 0 Å². The molecule has 126 valence electrons. The number of carbonyl (C=O) groups is 2. The summed E-state index contributed by atoms with van der Waals surface area (Å²) in [7, 11) is 1.86. The van der Waals surface area contributed by atoms with Gasteiger partial charge < -0.3 is 4.90 Å². The number of thiophene rings is 1. The lowest BCUT2D eigenvalue weighted by molar-refractivity contribution is -0.127. The highest BCUT2D eigenvalue weighted by Gasteiger charge is 2.49. The summed E-state index contributed by atoms with van der Waals surface area (Å²) in [4.78, 5) is 30.0. The monoisotopic (exact) mass is 344 g/mol. The Morgan fingerprint density at radius 1 is 1.21 bits per heavy atom. The van der Waals surface area contributed by atoms with Crippen LogP contribution in [0.4, 0.5) is 5.82 Å². The maximum absolute atomic E-state index is 13.0. The number of hydrogen-bond donors (Lipinski definition) is 0. The summed E-state index contributed by atoms with van der Waals surface area (Å²) < 4.78 is 1.74. The Hall–Kier alpha value is -2.15. The van der Waals surface area contributed by atoms with Crippen LogP contribution in [0.1, 0.15) is 28.9 Å². The minimum absolute atomic E-state index is 0.0915. The third-order valence-corrected chi connectivity index (χ3v) is 6.18. The quantitative estimate of drug-likeness (QED) is 0.839. The van der Waals surface area contributed by atoms with Gasteiger partial charge in [-0.25, -0.2) is 0 Å². The lowest BCUT2D eigenvalue weighted by Crippen LogP contribution is -2.46. The summed E-state index contributed by atoms with van der Waals surface area (Å²) in [5.41, 5.74) is -0.309. The van der Waals surface area contributed by atoms with Crippen molar-refractivity contribution in [2.24, 2.45) is 12.5 Å². The number of likely N-dealkylation sites (tertiary alicyclic amines) is 1. The number of hydrogen-bond acceptors (Lipinski definition) is 4. The summed E-state index contributed by atoms with van der Waals surface area (Å²) in [6, 6.07) is 5.64. The van der Waals surface area contributed by atoms with Crippen molar-refractivity contribution in [3.8, 4) is 0 Å².